The van der Waals surface area contributed by atoms with Crippen LogP contribution in [0.4, 0.5) is 0 Å². The smallest absolute Gasteiger partial charge is 0.233 e. The Bertz CT molecular complexity index is 944. The third kappa shape index (κ3) is 5.01. The Labute approximate surface area is 176 Å². The van der Waals surface area contributed by atoms with Gasteiger partial charge in [0.1, 0.15) is 0 Å². The Morgan fingerprint density at radius 2 is 2.00 bits per heavy atom. The second-order valence-electron chi connectivity index (χ2n) is 7.32. The summed E-state index contributed by atoms with van der Waals surface area (Å²) in [6.07, 6.45) is 1.31. The van der Waals surface area contributed by atoms with E-state index in [1.807, 2.05) is 55.7 Å². The molecule has 1 saturated heterocycles. The van der Waals surface area contributed by atoms with Crippen LogP contribution in [0.5, 0.6) is 0 Å². The Morgan fingerprint density at radius 3 is 2.59 bits per heavy atom. The van der Waals surface area contributed by atoms with Crippen molar-refractivity contribution in [2.45, 2.75) is 57.4 Å². The van der Waals surface area contributed by atoms with Crippen LogP contribution in [0, 0.1) is 0 Å². The lowest BCUT2D eigenvalue weighted by Crippen LogP contribution is -2.47. The molecule has 0 spiro atoms. The van der Waals surface area contributed by atoms with Gasteiger partial charge in [-0.15, -0.1) is 10.2 Å². The van der Waals surface area contributed by atoms with Crippen LogP contribution in [0.15, 0.2) is 35.5 Å². The first-order valence-electron chi connectivity index (χ1n) is 9.99. The minimum atomic E-state index is -3.05. The lowest BCUT2D eigenvalue weighted by molar-refractivity contribution is -0.132. The molecule has 1 aromatic heterocycles. The molecule has 2 unspecified atom stereocenters. The van der Waals surface area contributed by atoms with Crippen LogP contribution in [0.3, 0.4) is 0 Å². The monoisotopic (exact) mass is 436 g/mol. The molecule has 1 amide bonds. The number of thioether (sulfide) groups is 1. The molecular weight excluding hydrogens is 408 g/mol. The first-order chi connectivity index (χ1) is 13.9. The van der Waals surface area contributed by atoms with Gasteiger partial charge in [0, 0.05) is 24.2 Å². The van der Waals surface area contributed by atoms with Gasteiger partial charge in [-0.05, 0) is 26.7 Å². The fourth-order valence-electron chi connectivity index (χ4n) is 3.68. The summed E-state index contributed by atoms with van der Waals surface area (Å²) in [4.78, 5) is 14.8. The lowest BCUT2D eigenvalue weighted by atomic mass is 10.1. The fourth-order valence-corrected chi connectivity index (χ4v) is 6.27. The van der Waals surface area contributed by atoms with E-state index >= 15 is 0 Å². The number of aromatic nitrogens is 3. The molecule has 9 heteroatoms. The molecule has 1 aliphatic rings. The molecular formula is C20H28N4O3S2. The highest BCUT2D eigenvalue weighted by atomic mass is 32.2. The molecule has 2 atom stereocenters. The number of sulfone groups is 1. The van der Waals surface area contributed by atoms with Crippen molar-refractivity contribution >= 4 is 27.5 Å². The standard InChI is InChI=1S/C20H28N4O3S2/c1-4-15(3)24(17-11-12-29(26,27)14-17)18(25)13-28-20-22-21-19(23(20)5-2)16-9-7-6-8-10-16/h6-10,15,17H,4-5,11-14H2,1-3H3. The van der Waals surface area contributed by atoms with Crippen LogP contribution in [0.25, 0.3) is 11.4 Å². The average molecular weight is 437 g/mol. The number of hydrogen-bond donors (Lipinski definition) is 0. The minimum absolute atomic E-state index is 0.00493. The number of nitrogens with zero attached hydrogens (tertiary/aromatic N) is 4. The first-order valence-corrected chi connectivity index (χ1v) is 12.8. The zero-order valence-electron chi connectivity index (χ0n) is 17.1. The zero-order valence-corrected chi connectivity index (χ0v) is 18.7. The van der Waals surface area contributed by atoms with E-state index in [1.54, 1.807) is 4.90 Å². The molecule has 0 N–H and O–H groups in total. The van der Waals surface area contributed by atoms with Gasteiger partial charge in [-0.3, -0.25) is 4.79 Å². The van der Waals surface area contributed by atoms with E-state index in [9.17, 15) is 13.2 Å². The largest absolute Gasteiger partial charge is 0.335 e. The third-order valence-electron chi connectivity index (χ3n) is 5.35. The SMILES string of the molecule is CCC(C)N(C(=O)CSc1nnc(-c2ccccc2)n1CC)C1CCS(=O)(=O)C1. The summed E-state index contributed by atoms with van der Waals surface area (Å²) >= 11 is 1.36. The number of rotatable bonds is 8. The van der Waals surface area contributed by atoms with Crippen molar-refractivity contribution in [1.29, 1.82) is 0 Å². The highest BCUT2D eigenvalue weighted by Gasteiger charge is 2.36. The predicted molar refractivity (Wildman–Crippen MR) is 116 cm³/mol. The second kappa shape index (κ2) is 9.30. The average Bonchev–Trinajstić information content (AvgIpc) is 3.29. The maximum absolute atomic E-state index is 13.0. The molecule has 0 aliphatic carbocycles. The molecule has 0 saturated carbocycles. The van der Waals surface area contributed by atoms with E-state index in [2.05, 4.69) is 10.2 Å². The van der Waals surface area contributed by atoms with Crippen LogP contribution in [0.1, 0.15) is 33.6 Å². The summed E-state index contributed by atoms with van der Waals surface area (Å²) in [6.45, 7) is 6.72. The van der Waals surface area contributed by atoms with E-state index < -0.39 is 9.84 Å². The zero-order chi connectivity index (χ0) is 21.0. The van der Waals surface area contributed by atoms with Gasteiger partial charge in [0.05, 0.1) is 17.3 Å². The molecule has 7 nitrogen and oxygen atoms in total. The van der Waals surface area contributed by atoms with Crippen LogP contribution < -0.4 is 0 Å². The quantitative estimate of drug-likeness (QED) is 0.592. The normalized spacial score (nSPS) is 19.2. The van der Waals surface area contributed by atoms with Crippen LogP contribution in [-0.2, 0) is 21.2 Å². The van der Waals surface area contributed by atoms with Gasteiger partial charge in [0.25, 0.3) is 0 Å². The lowest BCUT2D eigenvalue weighted by Gasteiger charge is -2.33. The van der Waals surface area contributed by atoms with Crippen molar-refractivity contribution in [3.8, 4) is 11.4 Å². The number of carbonyl (C=O) groups excluding carboxylic acids is 1. The van der Waals surface area contributed by atoms with Crippen LogP contribution in [-0.4, -0.2) is 63.3 Å². The molecule has 0 radical (unpaired) electrons. The molecule has 29 heavy (non-hydrogen) atoms. The molecule has 2 aromatic rings. The summed E-state index contributed by atoms with van der Waals surface area (Å²) in [5.74, 6) is 1.18. The van der Waals surface area contributed by atoms with Gasteiger partial charge in [-0.2, -0.15) is 0 Å². The third-order valence-corrected chi connectivity index (χ3v) is 8.05. The van der Waals surface area contributed by atoms with E-state index in [1.165, 1.54) is 11.8 Å². The molecule has 1 aliphatic heterocycles. The van der Waals surface area contributed by atoms with E-state index in [0.717, 1.165) is 17.8 Å². The Hall–Kier alpha value is -1.87. The number of hydrogen-bond acceptors (Lipinski definition) is 6. The second-order valence-corrected chi connectivity index (χ2v) is 10.5. The van der Waals surface area contributed by atoms with Gasteiger partial charge in [0.2, 0.25) is 5.91 Å². The molecule has 0 bridgehead atoms. The first kappa shape index (κ1) is 21.8. The topological polar surface area (TPSA) is 85.2 Å². The maximum atomic E-state index is 13.0. The molecule has 3 rings (SSSR count). The van der Waals surface area contributed by atoms with Crippen LogP contribution in [0.2, 0.25) is 0 Å². The fraction of sp³-hybridized carbons (Fsp3) is 0.550. The maximum Gasteiger partial charge on any atom is 0.233 e. The van der Waals surface area contributed by atoms with Crippen molar-refractivity contribution in [2.75, 3.05) is 17.3 Å². The van der Waals surface area contributed by atoms with Crippen molar-refractivity contribution in [3.05, 3.63) is 30.3 Å². The summed E-state index contributed by atoms with van der Waals surface area (Å²) in [6, 6.07) is 9.62. The Morgan fingerprint density at radius 1 is 1.28 bits per heavy atom. The summed E-state index contributed by atoms with van der Waals surface area (Å²) < 4.78 is 25.8. The van der Waals surface area contributed by atoms with E-state index in [4.69, 9.17) is 0 Å². The molecule has 158 valence electrons. The van der Waals surface area contributed by atoms with Crippen molar-refractivity contribution in [3.63, 3.8) is 0 Å². The Kier molecular flexibility index (Phi) is 7.00. The predicted octanol–water partition coefficient (Wildman–Crippen LogP) is 2.87. The van der Waals surface area contributed by atoms with Crippen molar-refractivity contribution < 1.29 is 13.2 Å². The van der Waals surface area contributed by atoms with Crippen LogP contribution >= 0.6 is 11.8 Å². The van der Waals surface area contributed by atoms with Gasteiger partial charge >= 0.3 is 0 Å². The summed E-state index contributed by atoms with van der Waals surface area (Å²) in [5.41, 5.74) is 0.984. The molecule has 1 fully saturated rings. The van der Waals surface area contributed by atoms with E-state index in [0.29, 0.717) is 18.1 Å². The summed E-state index contributed by atoms with van der Waals surface area (Å²) in [5, 5.41) is 9.30. The number of carbonyl (C=O) groups is 1. The summed E-state index contributed by atoms with van der Waals surface area (Å²) in [7, 11) is -3.05. The number of amides is 1. The number of benzene rings is 1. The Balaban J connectivity index is 1.74. The highest BCUT2D eigenvalue weighted by molar-refractivity contribution is 7.99. The van der Waals surface area contributed by atoms with Crippen molar-refractivity contribution in [2.24, 2.45) is 0 Å². The molecule has 1 aromatic carbocycles. The van der Waals surface area contributed by atoms with Gasteiger partial charge in [-0.1, -0.05) is 49.0 Å². The minimum Gasteiger partial charge on any atom is -0.335 e. The highest BCUT2D eigenvalue weighted by Crippen LogP contribution is 2.26. The van der Waals surface area contributed by atoms with Gasteiger partial charge < -0.3 is 9.47 Å². The molecule has 2 heterocycles. The van der Waals surface area contributed by atoms with Gasteiger partial charge in [-0.25, -0.2) is 8.42 Å². The van der Waals surface area contributed by atoms with Gasteiger partial charge in [0.15, 0.2) is 20.8 Å². The van der Waals surface area contributed by atoms with E-state index in [-0.39, 0.29) is 35.2 Å². The van der Waals surface area contributed by atoms with Crippen molar-refractivity contribution in [1.82, 2.24) is 19.7 Å².